The molecular weight excluding hydrogens is 352 g/mol. The van der Waals surface area contributed by atoms with E-state index in [1.807, 2.05) is 69.3 Å². The number of benzene rings is 2. The van der Waals surface area contributed by atoms with E-state index in [2.05, 4.69) is 5.32 Å². The molecule has 0 spiro atoms. The van der Waals surface area contributed by atoms with Gasteiger partial charge in [-0.1, -0.05) is 36.4 Å². The average Bonchev–Trinajstić information content (AvgIpc) is 2.67. The highest BCUT2D eigenvalue weighted by molar-refractivity contribution is 6.02. The largest absolute Gasteiger partial charge is 0.399 e. The maximum Gasteiger partial charge on any atom is 0.239 e. The van der Waals surface area contributed by atoms with Crippen molar-refractivity contribution >= 4 is 17.6 Å². The van der Waals surface area contributed by atoms with E-state index in [-0.39, 0.29) is 11.9 Å². The van der Waals surface area contributed by atoms with Gasteiger partial charge in [0.15, 0.2) is 5.96 Å². The number of rotatable bonds is 4. The molecule has 1 aliphatic rings. The van der Waals surface area contributed by atoms with Crippen molar-refractivity contribution in [2.45, 2.75) is 37.8 Å². The number of nitrogens with two attached hydrogens (primary N) is 1. The van der Waals surface area contributed by atoms with Crippen molar-refractivity contribution in [3.63, 3.8) is 0 Å². The Labute approximate surface area is 166 Å². The molecule has 0 aromatic heterocycles. The number of hydrogen-bond acceptors (Lipinski definition) is 4. The number of methoxy groups -OCH3 is 1. The second kappa shape index (κ2) is 6.95. The minimum Gasteiger partial charge on any atom is -0.399 e. The summed E-state index contributed by atoms with van der Waals surface area (Å²) < 4.78 is 5.56. The molecule has 0 radical (unpaired) electrons. The number of anilines is 1. The van der Waals surface area contributed by atoms with E-state index >= 15 is 0 Å². The fraction of sp³-hybridized carbons (Fsp3) is 0.364. The minimum absolute atomic E-state index is 0.0725. The Hall–Kier alpha value is -2.86. The van der Waals surface area contributed by atoms with Crippen LogP contribution in [0.5, 0.6) is 0 Å². The highest BCUT2D eigenvalue weighted by Crippen LogP contribution is 2.41. The Morgan fingerprint density at radius 2 is 1.86 bits per heavy atom. The molecule has 148 valence electrons. The topological polar surface area (TPSA) is 91.4 Å². The molecule has 3 rings (SSSR count). The molecule has 1 heterocycles. The monoisotopic (exact) mass is 380 g/mol. The molecule has 1 fully saturated rings. The van der Waals surface area contributed by atoms with Crippen LogP contribution in [0.4, 0.5) is 5.69 Å². The molecule has 1 aliphatic heterocycles. The van der Waals surface area contributed by atoms with Crippen LogP contribution in [0.2, 0.25) is 0 Å². The molecule has 0 aliphatic carbocycles. The second-order valence-corrected chi connectivity index (χ2v) is 7.97. The van der Waals surface area contributed by atoms with Crippen LogP contribution in [-0.2, 0) is 20.7 Å². The van der Waals surface area contributed by atoms with Crippen molar-refractivity contribution in [3.8, 4) is 0 Å². The summed E-state index contributed by atoms with van der Waals surface area (Å²) in [5.74, 6) is -0.566. The number of likely N-dealkylation sites (N-methyl/N-ethyl adjacent to an activating group) is 1. The number of carbonyl (C=O) groups excluding carboxylic acids is 1. The molecule has 0 bridgehead atoms. The minimum atomic E-state index is -0.797. The van der Waals surface area contributed by atoms with Crippen molar-refractivity contribution in [1.29, 1.82) is 5.41 Å². The SMILES string of the molecule is COC(C)(C)c1ccc([C@@H]2C(=O)N(C)C(=N)N[C@]2(C)c2cccc(N)c2)cc1. The van der Waals surface area contributed by atoms with Crippen LogP contribution in [0.25, 0.3) is 0 Å². The molecule has 0 unspecified atom stereocenters. The number of nitrogens with zero attached hydrogens (tertiary/aromatic N) is 1. The Kier molecular flexibility index (Phi) is 4.93. The van der Waals surface area contributed by atoms with Gasteiger partial charge in [0.1, 0.15) is 0 Å². The first kappa shape index (κ1) is 19.9. The van der Waals surface area contributed by atoms with Gasteiger partial charge < -0.3 is 15.8 Å². The summed E-state index contributed by atoms with van der Waals surface area (Å²) in [6.07, 6.45) is 0. The molecule has 1 amide bonds. The molecule has 2 aromatic rings. The molecular formula is C22H28N4O2. The van der Waals surface area contributed by atoms with Gasteiger partial charge in [-0.15, -0.1) is 0 Å². The number of hydrogen-bond donors (Lipinski definition) is 3. The number of guanidine groups is 1. The van der Waals surface area contributed by atoms with E-state index in [9.17, 15) is 4.79 Å². The van der Waals surface area contributed by atoms with Gasteiger partial charge >= 0.3 is 0 Å². The fourth-order valence-corrected chi connectivity index (χ4v) is 3.72. The smallest absolute Gasteiger partial charge is 0.239 e. The second-order valence-electron chi connectivity index (χ2n) is 7.97. The Bertz CT molecular complexity index is 907. The van der Waals surface area contributed by atoms with Gasteiger partial charge in [0.05, 0.1) is 17.1 Å². The zero-order valence-electron chi connectivity index (χ0n) is 17.0. The lowest BCUT2D eigenvalue weighted by Crippen LogP contribution is -2.62. The number of carbonyl (C=O) groups is 1. The van der Waals surface area contributed by atoms with E-state index < -0.39 is 17.1 Å². The van der Waals surface area contributed by atoms with Crippen LogP contribution in [0.15, 0.2) is 48.5 Å². The molecule has 1 saturated heterocycles. The Morgan fingerprint density at radius 1 is 1.21 bits per heavy atom. The number of nitrogen functional groups attached to an aromatic ring is 1. The predicted molar refractivity (Wildman–Crippen MR) is 111 cm³/mol. The fourth-order valence-electron chi connectivity index (χ4n) is 3.72. The zero-order valence-corrected chi connectivity index (χ0v) is 17.0. The quantitative estimate of drug-likeness (QED) is 0.711. The molecule has 6 heteroatoms. The summed E-state index contributed by atoms with van der Waals surface area (Å²) in [5.41, 5.74) is 8.17. The van der Waals surface area contributed by atoms with Gasteiger partial charge in [0.25, 0.3) is 0 Å². The van der Waals surface area contributed by atoms with Gasteiger partial charge in [0.2, 0.25) is 5.91 Å². The third kappa shape index (κ3) is 3.24. The van der Waals surface area contributed by atoms with Gasteiger partial charge in [0, 0.05) is 19.8 Å². The molecule has 28 heavy (non-hydrogen) atoms. The van der Waals surface area contributed by atoms with E-state index in [0.29, 0.717) is 5.69 Å². The van der Waals surface area contributed by atoms with Crippen molar-refractivity contribution in [2.24, 2.45) is 0 Å². The van der Waals surface area contributed by atoms with Gasteiger partial charge in [-0.25, -0.2) is 0 Å². The number of ether oxygens (including phenoxy) is 1. The van der Waals surface area contributed by atoms with E-state index in [1.54, 1.807) is 14.2 Å². The zero-order chi connectivity index (χ0) is 20.7. The highest BCUT2D eigenvalue weighted by atomic mass is 16.5. The van der Waals surface area contributed by atoms with Gasteiger partial charge in [-0.3, -0.25) is 15.1 Å². The predicted octanol–water partition coefficient (Wildman–Crippen LogP) is 3.15. The summed E-state index contributed by atoms with van der Waals surface area (Å²) in [5, 5.41) is 11.5. The van der Waals surface area contributed by atoms with Crippen molar-refractivity contribution in [3.05, 3.63) is 65.2 Å². The normalized spacial score (nSPS) is 22.9. The number of nitrogens with one attached hydrogen (secondary N) is 2. The average molecular weight is 380 g/mol. The van der Waals surface area contributed by atoms with Crippen molar-refractivity contribution in [1.82, 2.24) is 10.2 Å². The van der Waals surface area contributed by atoms with Crippen LogP contribution in [-0.4, -0.2) is 30.9 Å². The van der Waals surface area contributed by atoms with E-state index in [1.165, 1.54) is 4.90 Å². The molecule has 4 N–H and O–H groups in total. The standard InChI is InChI=1S/C22H28N4O2/c1-21(2,28-5)15-11-9-14(10-12-15)18-19(27)26(4)20(24)25-22(18,3)16-7-6-8-17(23)13-16/h6-13,18H,23H2,1-5H3,(H2,24,25)/t18-,22-/m1/s1. The first-order chi connectivity index (χ1) is 13.1. The first-order valence-corrected chi connectivity index (χ1v) is 9.26. The maximum atomic E-state index is 13.2. The van der Waals surface area contributed by atoms with Crippen LogP contribution in [0.1, 0.15) is 43.4 Å². The Balaban J connectivity index is 2.11. The third-order valence-electron chi connectivity index (χ3n) is 5.80. The summed E-state index contributed by atoms with van der Waals surface area (Å²) in [7, 11) is 3.30. The van der Waals surface area contributed by atoms with Crippen LogP contribution in [0.3, 0.4) is 0 Å². The third-order valence-corrected chi connectivity index (χ3v) is 5.80. The van der Waals surface area contributed by atoms with Gasteiger partial charge in [-0.05, 0) is 49.6 Å². The van der Waals surface area contributed by atoms with Crippen LogP contribution >= 0.6 is 0 Å². The van der Waals surface area contributed by atoms with E-state index in [4.69, 9.17) is 15.9 Å². The van der Waals surface area contributed by atoms with Crippen molar-refractivity contribution < 1.29 is 9.53 Å². The Morgan fingerprint density at radius 3 is 2.43 bits per heavy atom. The highest BCUT2D eigenvalue weighted by Gasteiger charge is 2.48. The maximum absolute atomic E-state index is 13.2. The first-order valence-electron chi connectivity index (χ1n) is 9.26. The summed E-state index contributed by atoms with van der Waals surface area (Å²) in [6, 6.07) is 15.4. The summed E-state index contributed by atoms with van der Waals surface area (Å²) >= 11 is 0. The molecule has 0 saturated carbocycles. The summed E-state index contributed by atoms with van der Waals surface area (Å²) in [6.45, 7) is 5.95. The van der Waals surface area contributed by atoms with Crippen molar-refractivity contribution in [2.75, 3.05) is 19.9 Å². The number of amides is 1. The lowest BCUT2D eigenvalue weighted by molar-refractivity contribution is -0.131. The van der Waals surface area contributed by atoms with Crippen LogP contribution < -0.4 is 11.1 Å². The molecule has 2 atom stereocenters. The summed E-state index contributed by atoms with van der Waals surface area (Å²) in [4.78, 5) is 14.6. The van der Waals surface area contributed by atoms with E-state index in [0.717, 1.165) is 16.7 Å². The molecule has 2 aromatic carbocycles. The lowest BCUT2D eigenvalue weighted by atomic mass is 9.73. The van der Waals surface area contributed by atoms with Crippen LogP contribution in [0, 0.1) is 5.41 Å². The lowest BCUT2D eigenvalue weighted by Gasteiger charge is -2.46. The van der Waals surface area contributed by atoms with Gasteiger partial charge in [-0.2, -0.15) is 0 Å². The molecule has 6 nitrogen and oxygen atoms in total.